The van der Waals surface area contributed by atoms with Gasteiger partial charge < -0.3 is 10.0 Å². The second kappa shape index (κ2) is 6.92. The predicted octanol–water partition coefficient (Wildman–Crippen LogP) is 1.62. The monoisotopic (exact) mass is 343 g/mol. The maximum atomic E-state index is 12.6. The van der Waals surface area contributed by atoms with Crippen LogP contribution in [0.25, 0.3) is 0 Å². The molecule has 0 bridgehead atoms. The number of hydrogen-bond donors (Lipinski definition) is 1. The number of likely N-dealkylation sites (tertiary alicyclic amines) is 1. The first-order chi connectivity index (χ1) is 11.9. The predicted molar refractivity (Wildman–Crippen MR) is 92.8 cm³/mol. The third kappa shape index (κ3) is 3.87. The first-order valence-electron chi connectivity index (χ1n) is 8.71. The average Bonchev–Trinajstić information content (AvgIpc) is 3.08. The molecule has 3 heterocycles. The molecule has 2 aromatic heterocycles. The third-order valence-electron chi connectivity index (χ3n) is 4.67. The molecule has 7 nitrogen and oxygen atoms in total. The van der Waals surface area contributed by atoms with E-state index in [-0.39, 0.29) is 18.5 Å². The van der Waals surface area contributed by atoms with E-state index < -0.39 is 5.60 Å². The standard InChI is InChI=1S/C18H25N5O2/c1-13(2)23-11-16(20-21-23)18(25)7-4-8-22(12-18)17(24)9-15-6-5-14(3)19-10-15/h5-6,10-11,13,25H,4,7-9,12H2,1-3H3. The molecule has 25 heavy (non-hydrogen) atoms. The maximum absolute atomic E-state index is 12.6. The molecule has 1 aliphatic heterocycles. The van der Waals surface area contributed by atoms with E-state index in [2.05, 4.69) is 15.3 Å². The highest BCUT2D eigenvalue weighted by Gasteiger charge is 2.39. The van der Waals surface area contributed by atoms with Crippen LogP contribution in [0.4, 0.5) is 0 Å². The molecule has 0 aromatic carbocycles. The molecule has 0 aliphatic carbocycles. The lowest BCUT2D eigenvalue weighted by Gasteiger charge is -2.38. The minimum absolute atomic E-state index is 0.0000273. The molecule has 1 atom stereocenters. The Kier molecular flexibility index (Phi) is 4.85. The number of aromatic nitrogens is 4. The Labute approximate surface area is 147 Å². The molecule has 7 heteroatoms. The van der Waals surface area contributed by atoms with Gasteiger partial charge >= 0.3 is 0 Å². The van der Waals surface area contributed by atoms with Gasteiger partial charge in [-0.2, -0.15) is 0 Å². The molecule has 1 unspecified atom stereocenters. The van der Waals surface area contributed by atoms with Crippen molar-refractivity contribution in [3.8, 4) is 0 Å². The molecule has 1 amide bonds. The van der Waals surface area contributed by atoms with Crippen molar-refractivity contribution in [3.05, 3.63) is 41.5 Å². The van der Waals surface area contributed by atoms with Crippen LogP contribution in [0.15, 0.2) is 24.5 Å². The van der Waals surface area contributed by atoms with Gasteiger partial charge in [-0.1, -0.05) is 11.3 Å². The molecular weight excluding hydrogens is 318 g/mol. The largest absolute Gasteiger partial charge is 0.382 e. The summed E-state index contributed by atoms with van der Waals surface area (Å²) in [7, 11) is 0. The zero-order chi connectivity index (χ0) is 18.0. The molecule has 1 fully saturated rings. The fourth-order valence-corrected chi connectivity index (χ4v) is 3.09. The summed E-state index contributed by atoms with van der Waals surface area (Å²) in [6.07, 6.45) is 5.13. The first-order valence-corrected chi connectivity index (χ1v) is 8.71. The second-order valence-electron chi connectivity index (χ2n) is 7.11. The quantitative estimate of drug-likeness (QED) is 0.912. The first kappa shape index (κ1) is 17.5. The van der Waals surface area contributed by atoms with Crippen LogP contribution in [0.1, 0.15) is 49.7 Å². The minimum atomic E-state index is -1.13. The van der Waals surface area contributed by atoms with E-state index in [0.29, 0.717) is 25.1 Å². The van der Waals surface area contributed by atoms with Crippen LogP contribution in [0.3, 0.4) is 0 Å². The fourth-order valence-electron chi connectivity index (χ4n) is 3.09. The SMILES string of the molecule is Cc1ccc(CC(=O)N2CCCC(O)(c3cn(C(C)C)nn3)C2)cn1. The van der Waals surface area contributed by atoms with Gasteiger partial charge in [0, 0.05) is 24.5 Å². The minimum Gasteiger partial charge on any atom is -0.382 e. The van der Waals surface area contributed by atoms with Crippen LogP contribution < -0.4 is 0 Å². The van der Waals surface area contributed by atoms with Crippen molar-refractivity contribution >= 4 is 5.91 Å². The number of hydrogen-bond acceptors (Lipinski definition) is 5. The van der Waals surface area contributed by atoms with Crippen molar-refractivity contribution in [2.75, 3.05) is 13.1 Å². The molecular formula is C18H25N5O2. The normalized spacial score (nSPS) is 20.9. The van der Waals surface area contributed by atoms with E-state index >= 15 is 0 Å². The highest BCUT2D eigenvalue weighted by atomic mass is 16.3. The number of carbonyl (C=O) groups is 1. The molecule has 0 saturated carbocycles. The van der Waals surface area contributed by atoms with Crippen LogP contribution in [-0.2, 0) is 16.8 Å². The number of rotatable bonds is 4. The van der Waals surface area contributed by atoms with E-state index in [1.54, 1.807) is 22.0 Å². The van der Waals surface area contributed by atoms with E-state index in [0.717, 1.165) is 17.7 Å². The van der Waals surface area contributed by atoms with Crippen LogP contribution >= 0.6 is 0 Å². The Morgan fingerprint density at radius 3 is 2.84 bits per heavy atom. The molecule has 134 valence electrons. The van der Waals surface area contributed by atoms with Gasteiger partial charge in [-0.05, 0) is 45.2 Å². The number of amides is 1. The summed E-state index contributed by atoms with van der Waals surface area (Å²) in [6, 6.07) is 4.00. The van der Waals surface area contributed by atoms with Crippen LogP contribution in [0.2, 0.25) is 0 Å². The number of nitrogens with zero attached hydrogens (tertiary/aromatic N) is 5. The van der Waals surface area contributed by atoms with Gasteiger partial charge in [0.05, 0.1) is 19.2 Å². The Hall–Kier alpha value is -2.28. The van der Waals surface area contributed by atoms with Gasteiger partial charge in [0.1, 0.15) is 11.3 Å². The summed E-state index contributed by atoms with van der Waals surface area (Å²) in [6.45, 7) is 6.84. The van der Waals surface area contributed by atoms with Crippen molar-refractivity contribution in [2.24, 2.45) is 0 Å². The zero-order valence-electron chi connectivity index (χ0n) is 15.0. The zero-order valence-corrected chi connectivity index (χ0v) is 15.0. The van der Waals surface area contributed by atoms with E-state index in [9.17, 15) is 9.90 Å². The van der Waals surface area contributed by atoms with Crippen molar-refractivity contribution in [3.63, 3.8) is 0 Å². The average molecular weight is 343 g/mol. The lowest BCUT2D eigenvalue weighted by Crippen LogP contribution is -2.49. The Morgan fingerprint density at radius 2 is 2.20 bits per heavy atom. The van der Waals surface area contributed by atoms with Gasteiger partial charge in [0.15, 0.2) is 0 Å². The fraction of sp³-hybridized carbons (Fsp3) is 0.556. The van der Waals surface area contributed by atoms with Gasteiger partial charge in [-0.15, -0.1) is 5.10 Å². The summed E-state index contributed by atoms with van der Waals surface area (Å²) < 4.78 is 1.73. The highest BCUT2D eigenvalue weighted by Crippen LogP contribution is 2.30. The Bertz CT molecular complexity index is 740. The van der Waals surface area contributed by atoms with E-state index in [1.165, 1.54) is 0 Å². The highest BCUT2D eigenvalue weighted by molar-refractivity contribution is 5.79. The lowest BCUT2D eigenvalue weighted by atomic mass is 9.89. The second-order valence-corrected chi connectivity index (χ2v) is 7.11. The summed E-state index contributed by atoms with van der Waals surface area (Å²) >= 11 is 0. The Morgan fingerprint density at radius 1 is 1.40 bits per heavy atom. The van der Waals surface area contributed by atoms with Crippen molar-refractivity contribution in [1.82, 2.24) is 24.9 Å². The number of piperidine rings is 1. The lowest BCUT2D eigenvalue weighted by molar-refractivity contribution is -0.138. The van der Waals surface area contributed by atoms with Crippen molar-refractivity contribution in [2.45, 2.75) is 51.7 Å². The summed E-state index contributed by atoms with van der Waals surface area (Å²) in [5.41, 5.74) is 1.22. The molecule has 0 spiro atoms. The van der Waals surface area contributed by atoms with Gasteiger partial charge in [-0.3, -0.25) is 9.78 Å². The number of aryl methyl sites for hydroxylation is 1. The van der Waals surface area contributed by atoms with E-state index in [1.807, 2.05) is 32.9 Å². The molecule has 3 rings (SSSR count). The molecule has 1 saturated heterocycles. The van der Waals surface area contributed by atoms with Gasteiger partial charge in [0.2, 0.25) is 5.91 Å². The number of β-amino-alcohol motifs (C(OH)–C–C–N with tert-alkyl or cyclic N) is 1. The summed E-state index contributed by atoms with van der Waals surface area (Å²) in [5, 5.41) is 19.2. The summed E-state index contributed by atoms with van der Waals surface area (Å²) in [4.78, 5) is 18.6. The van der Waals surface area contributed by atoms with Crippen LogP contribution in [0.5, 0.6) is 0 Å². The topological polar surface area (TPSA) is 84.1 Å². The number of carbonyl (C=O) groups excluding carboxylic acids is 1. The third-order valence-corrected chi connectivity index (χ3v) is 4.67. The van der Waals surface area contributed by atoms with Crippen LogP contribution in [-0.4, -0.2) is 49.0 Å². The van der Waals surface area contributed by atoms with E-state index in [4.69, 9.17) is 0 Å². The number of pyridine rings is 1. The number of aliphatic hydroxyl groups is 1. The Balaban J connectivity index is 1.70. The van der Waals surface area contributed by atoms with Gasteiger partial charge in [0.25, 0.3) is 0 Å². The smallest absolute Gasteiger partial charge is 0.227 e. The molecule has 1 N–H and O–H groups in total. The van der Waals surface area contributed by atoms with Crippen molar-refractivity contribution < 1.29 is 9.90 Å². The molecule has 2 aromatic rings. The van der Waals surface area contributed by atoms with Crippen LogP contribution in [0, 0.1) is 6.92 Å². The van der Waals surface area contributed by atoms with Crippen molar-refractivity contribution in [1.29, 1.82) is 0 Å². The molecule has 1 aliphatic rings. The van der Waals surface area contributed by atoms with Gasteiger partial charge in [-0.25, -0.2) is 4.68 Å². The molecule has 0 radical (unpaired) electrons. The maximum Gasteiger partial charge on any atom is 0.227 e. The summed E-state index contributed by atoms with van der Waals surface area (Å²) in [5.74, 6) is 0.0000273.